The number of anilines is 1. The molecule has 1 amide bonds. The second-order valence-electron chi connectivity index (χ2n) is 6.24. The average Bonchev–Trinajstić information content (AvgIpc) is 3.05. The molecule has 0 unspecified atom stereocenters. The molecule has 0 spiro atoms. The number of aryl methyl sites for hydroxylation is 2. The van der Waals surface area contributed by atoms with E-state index in [2.05, 4.69) is 10.4 Å². The van der Waals surface area contributed by atoms with Crippen LogP contribution >= 0.6 is 0 Å². The Bertz CT molecular complexity index is 1020. The largest absolute Gasteiger partial charge is 0.497 e. The smallest absolute Gasteiger partial charge is 0.340 e. The van der Waals surface area contributed by atoms with Crippen molar-refractivity contribution >= 4 is 17.6 Å². The van der Waals surface area contributed by atoms with Gasteiger partial charge in [0.15, 0.2) is 0 Å². The molecular weight excluding hydrogens is 358 g/mol. The fourth-order valence-corrected chi connectivity index (χ4v) is 2.88. The van der Waals surface area contributed by atoms with E-state index >= 15 is 0 Å². The van der Waals surface area contributed by atoms with Crippen molar-refractivity contribution in [2.75, 3.05) is 19.5 Å². The van der Waals surface area contributed by atoms with E-state index in [1.807, 2.05) is 36.7 Å². The molecule has 0 saturated carbocycles. The van der Waals surface area contributed by atoms with Crippen LogP contribution in [0.2, 0.25) is 0 Å². The molecule has 28 heavy (non-hydrogen) atoms. The van der Waals surface area contributed by atoms with E-state index in [1.54, 1.807) is 24.3 Å². The predicted molar refractivity (Wildman–Crippen MR) is 105 cm³/mol. The van der Waals surface area contributed by atoms with Crippen molar-refractivity contribution in [2.24, 2.45) is 0 Å². The van der Waals surface area contributed by atoms with Crippen LogP contribution in [0.4, 0.5) is 5.69 Å². The normalized spacial score (nSPS) is 10.4. The van der Waals surface area contributed by atoms with E-state index in [1.165, 1.54) is 20.3 Å². The maximum Gasteiger partial charge on any atom is 0.340 e. The van der Waals surface area contributed by atoms with E-state index in [9.17, 15) is 9.59 Å². The minimum Gasteiger partial charge on any atom is -0.497 e. The first-order valence-corrected chi connectivity index (χ1v) is 8.64. The van der Waals surface area contributed by atoms with E-state index in [4.69, 9.17) is 9.47 Å². The topological polar surface area (TPSA) is 82.5 Å². The number of benzene rings is 2. The number of carbonyl (C=O) groups excluding carboxylic acids is 2. The first kappa shape index (κ1) is 19.2. The van der Waals surface area contributed by atoms with Gasteiger partial charge in [0.2, 0.25) is 0 Å². The highest BCUT2D eigenvalue weighted by Crippen LogP contribution is 2.24. The van der Waals surface area contributed by atoms with Crippen molar-refractivity contribution in [3.05, 3.63) is 71.0 Å². The summed E-state index contributed by atoms with van der Waals surface area (Å²) in [7, 11) is 2.78. The van der Waals surface area contributed by atoms with Crippen molar-refractivity contribution < 1.29 is 19.1 Å². The molecule has 0 aliphatic rings. The van der Waals surface area contributed by atoms with E-state index in [-0.39, 0.29) is 11.5 Å². The zero-order valence-electron chi connectivity index (χ0n) is 16.1. The molecule has 0 fully saturated rings. The molecule has 1 heterocycles. The molecule has 3 rings (SSSR count). The predicted octanol–water partition coefficient (Wildman–Crippen LogP) is 3.54. The minimum atomic E-state index is -0.561. The van der Waals surface area contributed by atoms with Crippen molar-refractivity contribution in [2.45, 2.75) is 13.8 Å². The summed E-state index contributed by atoms with van der Waals surface area (Å²) < 4.78 is 11.7. The van der Waals surface area contributed by atoms with Crippen LogP contribution in [0.15, 0.2) is 48.5 Å². The van der Waals surface area contributed by atoms with Gasteiger partial charge >= 0.3 is 5.97 Å². The van der Waals surface area contributed by atoms with Gasteiger partial charge in [0.05, 0.1) is 36.9 Å². The highest BCUT2D eigenvalue weighted by molar-refractivity contribution is 6.08. The molecule has 0 saturated heterocycles. The standard InChI is InChI=1S/C21H21N3O4/c1-13-11-14(2)24(23-13)16-7-5-15(6-8-16)20(25)22-19-10-9-17(27-3)12-18(19)21(26)28-4/h5-12H,1-4H3,(H,22,25). The zero-order chi connectivity index (χ0) is 20.3. The van der Waals surface area contributed by atoms with E-state index in [0.29, 0.717) is 17.0 Å². The van der Waals surface area contributed by atoms with Crippen molar-refractivity contribution in [1.82, 2.24) is 9.78 Å². The lowest BCUT2D eigenvalue weighted by Gasteiger charge is -2.12. The molecule has 0 radical (unpaired) electrons. The molecule has 0 aliphatic carbocycles. The summed E-state index contributed by atoms with van der Waals surface area (Å²) >= 11 is 0. The van der Waals surface area contributed by atoms with E-state index < -0.39 is 5.97 Å². The van der Waals surface area contributed by atoms with Gasteiger partial charge in [0.1, 0.15) is 5.75 Å². The summed E-state index contributed by atoms with van der Waals surface area (Å²) in [6.45, 7) is 3.90. The van der Waals surface area contributed by atoms with Crippen LogP contribution in [0.25, 0.3) is 5.69 Å². The number of carbonyl (C=O) groups is 2. The summed E-state index contributed by atoms with van der Waals surface area (Å²) in [5.74, 6) is -0.406. The van der Waals surface area contributed by atoms with E-state index in [0.717, 1.165) is 17.1 Å². The number of aromatic nitrogens is 2. The third kappa shape index (κ3) is 3.88. The Kier molecular flexibility index (Phi) is 5.44. The number of hydrogen-bond donors (Lipinski definition) is 1. The second-order valence-corrected chi connectivity index (χ2v) is 6.24. The Labute approximate surface area is 162 Å². The molecule has 1 aromatic heterocycles. The minimum absolute atomic E-state index is 0.217. The number of nitrogens with one attached hydrogen (secondary N) is 1. The highest BCUT2D eigenvalue weighted by atomic mass is 16.5. The Morgan fingerprint density at radius 3 is 2.29 bits per heavy atom. The highest BCUT2D eigenvalue weighted by Gasteiger charge is 2.16. The first-order chi connectivity index (χ1) is 13.4. The van der Waals surface area contributed by atoms with Crippen LogP contribution < -0.4 is 10.1 Å². The van der Waals surface area contributed by atoms with Crippen LogP contribution in [0.1, 0.15) is 32.1 Å². The molecule has 7 heteroatoms. The fraction of sp³-hybridized carbons (Fsp3) is 0.190. The lowest BCUT2D eigenvalue weighted by molar-refractivity contribution is 0.0601. The van der Waals surface area contributed by atoms with Crippen LogP contribution in [-0.2, 0) is 4.74 Å². The van der Waals surface area contributed by atoms with Gasteiger partial charge in [-0.25, -0.2) is 9.48 Å². The third-order valence-corrected chi connectivity index (χ3v) is 4.26. The summed E-state index contributed by atoms with van der Waals surface area (Å²) in [6, 6.07) is 13.8. The quantitative estimate of drug-likeness (QED) is 0.686. The molecule has 0 aliphatic heterocycles. The Hall–Kier alpha value is -3.61. The Balaban J connectivity index is 1.83. The second kappa shape index (κ2) is 7.96. The fourth-order valence-electron chi connectivity index (χ4n) is 2.88. The van der Waals surface area contributed by atoms with Gasteiger partial charge in [0.25, 0.3) is 5.91 Å². The lowest BCUT2D eigenvalue weighted by Crippen LogP contribution is -2.15. The number of rotatable bonds is 5. The molecule has 2 aromatic carbocycles. The number of esters is 1. The Morgan fingerprint density at radius 2 is 1.71 bits per heavy atom. The van der Waals surface area contributed by atoms with Crippen LogP contribution in [-0.4, -0.2) is 35.9 Å². The number of nitrogens with zero attached hydrogens (tertiary/aromatic N) is 2. The zero-order valence-corrected chi connectivity index (χ0v) is 16.1. The van der Waals surface area contributed by atoms with Gasteiger partial charge in [0, 0.05) is 11.3 Å². The van der Waals surface area contributed by atoms with Gasteiger partial charge in [-0.2, -0.15) is 5.10 Å². The summed E-state index contributed by atoms with van der Waals surface area (Å²) in [5.41, 5.74) is 3.82. The van der Waals surface area contributed by atoms with Crippen LogP contribution in [0.5, 0.6) is 5.75 Å². The number of hydrogen-bond acceptors (Lipinski definition) is 5. The van der Waals surface area contributed by atoms with Gasteiger partial charge in [-0.15, -0.1) is 0 Å². The van der Waals surface area contributed by atoms with Gasteiger partial charge in [-0.3, -0.25) is 4.79 Å². The van der Waals surface area contributed by atoms with Gasteiger partial charge in [-0.1, -0.05) is 0 Å². The van der Waals surface area contributed by atoms with Crippen molar-refractivity contribution in [3.8, 4) is 11.4 Å². The summed E-state index contributed by atoms with van der Waals surface area (Å²) in [5, 5.41) is 7.18. The molecular formula is C21H21N3O4. The number of amides is 1. The molecule has 0 bridgehead atoms. The summed E-state index contributed by atoms with van der Waals surface area (Å²) in [6.07, 6.45) is 0. The van der Waals surface area contributed by atoms with Gasteiger partial charge in [-0.05, 0) is 62.4 Å². The number of ether oxygens (including phenoxy) is 2. The Morgan fingerprint density at radius 1 is 1.00 bits per heavy atom. The van der Waals surface area contributed by atoms with Gasteiger partial charge < -0.3 is 14.8 Å². The monoisotopic (exact) mass is 379 g/mol. The maximum atomic E-state index is 12.6. The van der Waals surface area contributed by atoms with Crippen molar-refractivity contribution in [1.29, 1.82) is 0 Å². The molecule has 1 N–H and O–H groups in total. The molecule has 3 aromatic rings. The summed E-state index contributed by atoms with van der Waals surface area (Å²) in [4.78, 5) is 24.7. The lowest BCUT2D eigenvalue weighted by atomic mass is 10.1. The first-order valence-electron chi connectivity index (χ1n) is 8.64. The molecule has 144 valence electrons. The third-order valence-electron chi connectivity index (χ3n) is 4.26. The van der Waals surface area contributed by atoms with Crippen LogP contribution in [0.3, 0.4) is 0 Å². The van der Waals surface area contributed by atoms with Crippen molar-refractivity contribution in [3.63, 3.8) is 0 Å². The van der Waals surface area contributed by atoms with Crippen LogP contribution in [0, 0.1) is 13.8 Å². The number of methoxy groups -OCH3 is 2. The molecule has 0 atom stereocenters. The molecule has 7 nitrogen and oxygen atoms in total. The SMILES string of the molecule is COC(=O)c1cc(OC)ccc1NC(=O)c1ccc(-n2nc(C)cc2C)cc1. The maximum absolute atomic E-state index is 12.6. The average molecular weight is 379 g/mol.